The molecule has 0 aromatic heterocycles. The predicted molar refractivity (Wildman–Crippen MR) is 68.8 cm³/mol. The largest absolute Gasteiger partial charge is 0.491 e. The second-order valence-corrected chi connectivity index (χ2v) is 4.27. The Bertz CT molecular complexity index is 359. The third kappa shape index (κ3) is 5.80. The van der Waals surface area contributed by atoms with E-state index in [1.165, 1.54) is 7.11 Å². The lowest BCUT2D eigenvalue weighted by atomic mass is 10.1. The third-order valence-corrected chi connectivity index (χ3v) is 2.49. The first-order chi connectivity index (χ1) is 8.61. The molecule has 4 heteroatoms. The maximum atomic E-state index is 10.9. The van der Waals surface area contributed by atoms with E-state index in [0.717, 1.165) is 12.0 Å². The highest BCUT2D eigenvalue weighted by Gasteiger charge is 2.04. The molecule has 100 valence electrons. The minimum absolute atomic E-state index is 0.193. The first kappa shape index (κ1) is 14.7. The summed E-state index contributed by atoms with van der Waals surface area (Å²) in [5.41, 5.74) is 1.11. The lowest BCUT2D eigenvalue weighted by Gasteiger charge is -2.11. The van der Waals surface area contributed by atoms with E-state index in [0.29, 0.717) is 12.2 Å². The lowest BCUT2D eigenvalue weighted by molar-refractivity contribution is -0.116. The number of Topliss-reactive ketones (excluding diaryl/α,β-unsaturated/α-hetero) is 1. The number of hydrogen-bond acceptors (Lipinski definition) is 4. The van der Waals surface area contributed by atoms with Crippen LogP contribution in [-0.2, 0) is 16.0 Å². The number of methoxy groups -OCH3 is 1. The lowest BCUT2D eigenvalue weighted by Crippen LogP contribution is -2.22. The molecule has 0 spiro atoms. The van der Waals surface area contributed by atoms with E-state index in [4.69, 9.17) is 9.47 Å². The molecule has 1 N–H and O–H groups in total. The Labute approximate surface area is 108 Å². The summed E-state index contributed by atoms with van der Waals surface area (Å²) >= 11 is 0. The van der Waals surface area contributed by atoms with Crippen LogP contribution >= 0.6 is 0 Å². The summed E-state index contributed by atoms with van der Waals surface area (Å²) in [6.45, 7) is 2.06. The van der Waals surface area contributed by atoms with Crippen molar-refractivity contribution in [2.75, 3.05) is 20.3 Å². The van der Waals surface area contributed by atoms with Crippen LogP contribution in [0.3, 0.4) is 0 Å². The molecular formula is C14H20O4. The molecule has 0 aliphatic carbocycles. The van der Waals surface area contributed by atoms with Gasteiger partial charge in [-0.2, -0.15) is 0 Å². The van der Waals surface area contributed by atoms with Crippen molar-refractivity contribution in [1.29, 1.82) is 0 Å². The Morgan fingerprint density at radius 2 is 1.94 bits per heavy atom. The van der Waals surface area contributed by atoms with E-state index >= 15 is 0 Å². The minimum Gasteiger partial charge on any atom is -0.491 e. The number of aryl methyl sites for hydroxylation is 1. The quantitative estimate of drug-likeness (QED) is 0.763. The highest BCUT2D eigenvalue weighted by atomic mass is 16.5. The van der Waals surface area contributed by atoms with E-state index in [2.05, 4.69) is 0 Å². The van der Waals surface area contributed by atoms with Crippen LogP contribution in [0.5, 0.6) is 5.75 Å². The van der Waals surface area contributed by atoms with Crippen molar-refractivity contribution in [3.8, 4) is 5.75 Å². The average Bonchev–Trinajstić information content (AvgIpc) is 2.35. The standard InChI is InChI=1S/C14H20O4/c1-11(15)3-4-12-5-7-14(8-6-12)18-10-13(16)9-17-2/h5-8,13,16H,3-4,9-10H2,1-2H3. The van der Waals surface area contributed by atoms with E-state index in [9.17, 15) is 9.90 Å². The van der Waals surface area contributed by atoms with Gasteiger partial charge in [0.1, 0.15) is 24.2 Å². The molecule has 0 aliphatic heterocycles. The molecule has 0 aliphatic rings. The van der Waals surface area contributed by atoms with Crippen molar-refractivity contribution >= 4 is 5.78 Å². The van der Waals surface area contributed by atoms with Crippen molar-refractivity contribution in [2.24, 2.45) is 0 Å². The normalized spacial score (nSPS) is 12.2. The van der Waals surface area contributed by atoms with Crippen LogP contribution in [0.15, 0.2) is 24.3 Å². The van der Waals surface area contributed by atoms with Gasteiger partial charge >= 0.3 is 0 Å². The fraction of sp³-hybridized carbons (Fsp3) is 0.500. The number of hydrogen-bond donors (Lipinski definition) is 1. The fourth-order valence-corrected chi connectivity index (χ4v) is 1.51. The zero-order valence-electron chi connectivity index (χ0n) is 10.9. The molecule has 1 atom stereocenters. The highest BCUT2D eigenvalue weighted by Crippen LogP contribution is 2.13. The van der Waals surface area contributed by atoms with Crippen molar-refractivity contribution < 1.29 is 19.4 Å². The van der Waals surface area contributed by atoms with Gasteiger partial charge in [0.2, 0.25) is 0 Å². The second-order valence-electron chi connectivity index (χ2n) is 4.27. The van der Waals surface area contributed by atoms with Gasteiger partial charge in [-0.1, -0.05) is 12.1 Å². The number of carbonyl (C=O) groups is 1. The van der Waals surface area contributed by atoms with E-state index in [1.807, 2.05) is 24.3 Å². The van der Waals surface area contributed by atoms with Crippen LogP contribution in [0.1, 0.15) is 18.9 Å². The molecule has 1 unspecified atom stereocenters. The molecular weight excluding hydrogens is 232 g/mol. The van der Waals surface area contributed by atoms with E-state index in [-0.39, 0.29) is 19.0 Å². The molecule has 18 heavy (non-hydrogen) atoms. The Morgan fingerprint density at radius 1 is 1.28 bits per heavy atom. The molecule has 0 saturated carbocycles. The van der Waals surface area contributed by atoms with Crippen LogP contribution in [0, 0.1) is 0 Å². The molecule has 0 amide bonds. The smallest absolute Gasteiger partial charge is 0.130 e. The van der Waals surface area contributed by atoms with Gasteiger partial charge in [0.05, 0.1) is 6.61 Å². The van der Waals surface area contributed by atoms with Gasteiger partial charge in [0.25, 0.3) is 0 Å². The van der Waals surface area contributed by atoms with Gasteiger partial charge in [-0.15, -0.1) is 0 Å². The topological polar surface area (TPSA) is 55.8 Å². The van der Waals surface area contributed by atoms with E-state index < -0.39 is 6.10 Å². The highest BCUT2D eigenvalue weighted by molar-refractivity contribution is 5.75. The average molecular weight is 252 g/mol. The minimum atomic E-state index is -0.618. The van der Waals surface area contributed by atoms with Crippen LogP contribution in [-0.4, -0.2) is 37.3 Å². The number of rotatable bonds is 8. The third-order valence-electron chi connectivity index (χ3n) is 2.49. The number of ketones is 1. The van der Waals surface area contributed by atoms with Crippen molar-refractivity contribution in [2.45, 2.75) is 25.9 Å². The molecule has 1 rings (SSSR count). The molecule has 0 radical (unpaired) electrons. The Morgan fingerprint density at radius 3 is 2.50 bits per heavy atom. The van der Waals surface area contributed by atoms with Crippen molar-refractivity contribution in [3.63, 3.8) is 0 Å². The Kier molecular flexibility index (Phi) is 6.39. The van der Waals surface area contributed by atoms with Gasteiger partial charge in [-0.25, -0.2) is 0 Å². The Hall–Kier alpha value is -1.39. The van der Waals surface area contributed by atoms with Gasteiger partial charge < -0.3 is 19.4 Å². The maximum absolute atomic E-state index is 10.9. The molecule has 0 saturated heterocycles. The summed E-state index contributed by atoms with van der Waals surface area (Å²) < 4.78 is 10.2. The first-order valence-electron chi connectivity index (χ1n) is 6.00. The molecule has 0 heterocycles. The zero-order chi connectivity index (χ0) is 13.4. The number of aliphatic hydroxyl groups excluding tert-OH is 1. The molecule has 4 nitrogen and oxygen atoms in total. The first-order valence-corrected chi connectivity index (χ1v) is 6.00. The summed E-state index contributed by atoms with van der Waals surface area (Å²) in [4.78, 5) is 10.9. The van der Waals surface area contributed by atoms with Gasteiger partial charge in [-0.05, 0) is 31.0 Å². The number of aliphatic hydroxyl groups is 1. The van der Waals surface area contributed by atoms with Gasteiger partial charge in [0, 0.05) is 13.5 Å². The zero-order valence-corrected chi connectivity index (χ0v) is 10.9. The van der Waals surface area contributed by atoms with Gasteiger partial charge in [-0.3, -0.25) is 0 Å². The van der Waals surface area contributed by atoms with E-state index in [1.54, 1.807) is 6.92 Å². The monoisotopic (exact) mass is 252 g/mol. The predicted octanol–water partition coefficient (Wildman–Crippen LogP) is 1.59. The number of benzene rings is 1. The number of ether oxygens (including phenoxy) is 2. The van der Waals surface area contributed by atoms with Crippen LogP contribution < -0.4 is 4.74 Å². The summed E-state index contributed by atoms with van der Waals surface area (Å²) in [5, 5.41) is 9.42. The van der Waals surface area contributed by atoms with Crippen molar-refractivity contribution in [3.05, 3.63) is 29.8 Å². The molecule has 1 aromatic carbocycles. The SMILES string of the molecule is COCC(O)COc1ccc(CCC(C)=O)cc1. The van der Waals surface area contributed by atoms with Crippen LogP contribution in [0.25, 0.3) is 0 Å². The molecule has 1 aromatic rings. The summed E-state index contributed by atoms with van der Waals surface area (Å²) in [5.74, 6) is 0.898. The summed E-state index contributed by atoms with van der Waals surface area (Å²) in [6.07, 6.45) is 0.696. The maximum Gasteiger partial charge on any atom is 0.130 e. The van der Waals surface area contributed by atoms with Crippen LogP contribution in [0.2, 0.25) is 0 Å². The Balaban J connectivity index is 2.38. The summed E-state index contributed by atoms with van der Waals surface area (Å²) in [7, 11) is 1.53. The van der Waals surface area contributed by atoms with Crippen LogP contribution in [0.4, 0.5) is 0 Å². The second kappa shape index (κ2) is 7.84. The molecule has 0 bridgehead atoms. The number of carbonyl (C=O) groups excluding carboxylic acids is 1. The van der Waals surface area contributed by atoms with Crippen molar-refractivity contribution in [1.82, 2.24) is 0 Å². The van der Waals surface area contributed by atoms with Gasteiger partial charge in [0.15, 0.2) is 0 Å². The molecule has 0 fully saturated rings. The fourth-order valence-electron chi connectivity index (χ4n) is 1.51. The summed E-state index contributed by atoms with van der Waals surface area (Å²) in [6, 6.07) is 7.55.